The Morgan fingerprint density at radius 2 is 2.29 bits per heavy atom. The van der Waals surface area contributed by atoms with Gasteiger partial charge < -0.3 is 19.6 Å². The molecule has 2 amide bonds. The molecule has 1 aromatic heterocycles. The molecule has 0 spiro atoms. The van der Waals surface area contributed by atoms with E-state index < -0.39 is 0 Å². The first-order valence-electron chi connectivity index (χ1n) is 6.95. The maximum absolute atomic E-state index is 12.3. The van der Waals surface area contributed by atoms with Gasteiger partial charge in [-0.2, -0.15) is 0 Å². The van der Waals surface area contributed by atoms with Crippen LogP contribution in [0.25, 0.3) is 0 Å². The van der Waals surface area contributed by atoms with Gasteiger partial charge in [-0.1, -0.05) is 11.8 Å². The number of morpholine rings is 1. The van der Waals surface area contributed by atoms with Crippen LogP contribution in [0.15, 0.2) is 11.4 Å². The minimum absolute atomic E-state index is 0.0393. The molecule has 1 fully saturated rings. The molecule has 1 aromatic rings. The Morgan fingerprint density at radius 1 is 1.52 bits per heavy atom. The summed E-state index contributed by atoms with van der Waals surface area (Å²) in [4.78, 5) is 16.8. The number of aliphatic hydroxyl groups is 1. The summed E-state index contributed by atoms with van der Waals surface area (Å²) in [6.45, 7) is 3.21. The molecule has 0 saturated carbocycles. The van der Waals surface area contributed by atoms with Crippen LogP contribution < -0.4 is 0 Å². The van der Waals surface area contributed by atoms with Gasteiger partial charge >= 0.3 is 6.03 Å². The average molecular weight is 308 g/mol. The Hall–Kier alpha value is -1.55. The molecule has 2 heterocycles. The molecule has 1 aliphatic heterocycles. The van der Waals surface area contributed by atoms with E-state index in [0.29, 0.717) is 39.3 Å². The summed E-state index contributed by atoms with van der Waals surface area (Å²) in [5.41, 5.74) is 1.08. The number of carbonyl (C=O) groups is 1. The van der Waals surface area contributed by atoms with Crippen LogP contribution in [0.1, 0.15) is 16.9 Å². The Morgan fingerprint density at radius 3 is 3.00 bits per heavy atom. The average Bonchev–Trinajstić information content (AvgIpc) is 2.95. The van der Waals surface area contributed by atoms with E-state index in [2.05, 4.69) is 11.8 Å². The minimum Gasteiger partial charge on any atom is -0.395 e. The predicted molar refractivity (Wildman–Crippen MR) is 82.2 cm³/mol. The van der Waals surface area contributed by atoms with Crippen LogP contribution in [0.2, 0.25) is 0 Å². The lowest BCUT2D eigenvalue weighted by Crippen LogP contribution is -2.46. The van der Waals surface area contributed by atoms with Gasteiger partial charge in [-0.25, -0.2) is 4.79 Å². The second-order valence-corrected chi connectivity index (χ2v) is 5.74. The highest BCUT2D eigenvalue weighted by atomic mass is 32.1. The number of rotatable bonds is 3. The number of urea groups is 1. The Balaban J connectivity index is 1.88. The zero-order valence-electron chi connectivity index (χ0n) is 12.2. The molecule has 0 aromatic carbocycles. The van der Waals surface area contributed by atoms with Crippen LogP contribution in [0.5, 0.6) is 0 Å². The van der Waals surface area contributed by atoms with Crippen molar-refractivity contribution in [2.45, 2.75) is 13.0 Å². The van der Waals surface area contributed by atoms with E-state index in [-0.39, 0.29) is 12.6 Å². The highest BCUT2D eigenvalue weighted by Gasteiger charge is 2.20. The lowest BCUT2D eigenvalue weighted by Gasteiger charge is -2.30. The summed E-state index contributed by atoms with van der Waals surface area (Å²) in [5.74, 6) is 5.91. The number of hydrogen-bond donors (Lipinski definition) is 1. The van der Waals surface area contributed by atoms with Crippen molar-refractivity contribution in [1.82, 2.24) is 9.80 Å². The zero-order chi connectivity index (χ0) is 15.1. The second kappa shape index (κ2) is 8.03. The van der Waals surface area contributed by atoms with Crippen molar-refractivity contribution in [3.8, 4) is 11.8 Å². The molecule has 1 N–H and O–H groups in total. The number of thiophene rings is 1. The van der Waals surface area contributed by atoms with E-state index in [1.807, 2.05) is 23.4 Å². The molecule has 6 heteroatoms. The molecule has 0 atom stereocenters. The molecule has 0 unspecified atom stereocenters. The van der Waals surface area contributed by atoms with Crippen molar-refractivity contribution in [2.75, 3.05) is 40.0 Å². The summed E-state index contributed by atoms with van der Waals surface area (Å²) in [7, 11) is 1.81. The van der Waals surface area contributed by atoms with E-state index >= 15 is 0 Å². The zero-order valence-corrected chi connectivity index (χ0v) is 13.0. The van der Waals surface area contributed by atoms with Crippen molar-refractivity contribution in [1.29, 1.82) is 0 Å². The first-order chi connectivity index (χ1) is 10.2. The third kappa shape index (κ3) is 4.74. The molecule has 2 rings (SSSR count). The molecule has 1 aliphatic rings. The number of carbonyl (C=O) groups excluding carboxylic acids is 1. The Kier molecular flexibility index (Phi) is 6.05. The molecule has 0 bridgehead atoms. The van der Waals surface area contributed by atoms with Gasteiger partial charge in [-0.3, -0.25) is 0 Å². The molecule has 114 valence electrons. The normalized spacial score (nSPS) is 14.5. The number of nitrogens with zero attached hydrogens (tertiary/aromatic N) is 2. The van der Waals surface area contributed by atoms with Crippen LogP contribution in [-0.4, -0.2) is 60.9 Å². The monoisotopic (exact) mass is 308 g/mol. The Labute approximate surface area is 129 Å². The van der Waals surface area contributed by atoms with E-state index in [9.17, 15) is 4.79 Å². The van der Waals surface area contributed by atoms with Gasteiger partial charge in [-0.05, 0) is 17.0 Å². The van der Waals surface area contributed by atoms with E-state index in [1.165, 1.54) is 0 Å². The fourth-order valence-corrected chi connectivity index (χ4v) is 2.84. The molecular weight excluding hydrogens is 288 g/mol. The number of hydrogen-bond acceptors (Lipinski definition) is 4. The first-order valence-corrected chi connectivity index (χ1v) is 7.83. The lowest BCUT2D eigenvalue weighted by atomic mass is 10.3. The smallest absolute Gasteiger partial charge is 0.320 e. The maximum atomic E-state index is 12.3. The largest absolute Gasteiger partial charge is 0.395 e. The van der Waals surface area contributed by atoms with Crippen molar-refractivity contribution in [2.24, 2.45) is 0 Å². The Bertz CT molecular complexity index is 527. The van der Waals surface area contributed by atoms with Gasteiger partial charge in [-0.15, -0.1) is 11.3 Å². The van der Waals surface area contributed by atoms with Gasteiger partial charge in [0.1, 0.15) is 0 Å². The molecular formula is C15H20N2O3S. The second-order valence-electron chi connectivity index (χ2n) is 4.83. The lowest BCUT2D eigenvalue weighted by molar-refractivity contribution is 0.0448. The van der Waals surface area contributed by atoms with Crippen LogP contribution >= 0.6 is 11.3 Å². The first kappa shape index (κ1) is 15.8. The maximum Gasteiger partial charge on any atom is 0.320 e. The van der Waals surface area contributed by atoms with Gasteiger partial charge in [0.15, 0.2) is 0 Å². The summed E-state index contributed by atoms with van der Waals surface area (Å²) in [5, 5.41) is 10.7. The summed E-state index contributed by atoms with van der Waals surface area (Å²) in [6, 6.07) is 2.04. The summed E-state index contributed by atoms with van der Waals surface area (Å²) in [6.07, 6.45) is 0.489. The van der Waals surface area contributed by atoms with Crippen molar-refractivity contribution in [3.63, 3.8) is 0 Å². The quantitative estimate of drug-likeness (QED) is 0.858. The number of amides is 2. The third-order valence-corrected chi connectivity index (χ3v) is 4.02. The van der Waals surface area contributed by atoms with Crippen molar-refractivity contribution >= 4 is 17.4 Å². The fraction of sp³-hybridized carbons (Fsp3) is 0.533. The fourth-order valence-electron chi connectivity index (χ4n) is 2.07. The predicted octanol–water partition coefficient (Wildman–Crippen LogP) is 1.37. The highest BCUT2D eigenvalue weighted by molar-refractivity contribution is 7.10. The van der Waals surface area contributed by atoms with E-state index in [4.69, 9.17) is 9.84 Å². The number of aliphatic hydroxyl groups excluding tert-OH is 1. The molecule has 5 nitrogen and oxygen atoms in total. The van der Waals surface area contributed by atoms with Gasteiger partial charge in [0, 0.05) is 33.1 Å². The molecule has 1 saturated heterocycles. The standard InChI is InChI=1S/C15H20N2O3S/c1-16(15(19)17-5-8-20-9-6-17)11-13-10-14(21-12-13)4-2-3-7-18/h10,12,18H,3,5-9,11H2,1H3. The van der Waals surface area contributed by atoms with Gasteiger partial charge in [0.25, 0.3) is 0 Å². The molecule has 0 radical (unpaired) electrons. The summed E-state index contributed by atoms with van der Waals surface area (Å²) < 4.78 is 5.25. The minimum atomic E-state index is 0.0393. The third-order valence-electron chi connectivity index (χ3n) is 3.13. The molecule has 21 heavy (non-hydrogen) atoms. The topological polar surface area (TPSA) is 53.0 Å². The van der Waals surface area contributed by atoms with Crippen LogP contribution in [0.4, 0.5) is 4.79 Å². The van der Waals surface area contributed by atoms with Crippen LogP contribution in [0, 0.1) is 11.8 Å². The van der Waals surface area contributed by atoms with Crippen LogP contribution in [-0.2, 0) is 11.3 Å². The SMILES string of the molecule is CN(Cc1csc(C#CCCO)c1)C(=O)N1CCOCC1. The summed E-state index contributed by atoms with van der Waals surface area (Å²) >= 11 is 1.56. The van der Waals surface area contributed by atoms with Crippen molar-refractivity contribution in [3.05, 3.63) is 21.9 Å². The van der Waals surface area contributed by atoms with Crippen molar-refractivity contribution < 1.29 is 14.6 Å². The van der Waals surface area contributed by atoms with E-state index in [0.717, 1.165) is 10.4 Å². The van der Waals surface area contributed by atoms with Crippen LogP contribution in [0.3, 0.4) is 0 Å². The van der Waals surface area contributed by atoms with Gasteiger partial charge in [0.2, 0.25) is 0 Å². The van der Waals surface area contributed by atoms with E-state index in [1.54, 1.807) is 16.2 Å². The highest BCUT2D eigenvalue weighted by Crippen LogP contribution is 2.16. The van der Waals surface area contributed by atoms with Gasteiger partial charge in [0.05, 0.1) is 24.7 Å². The molecule has 0 aliphatic carbocycles. The number of ether oxygens (including phenoxy) is 1.